The Kier molecular flexibility index (Phi) is 4.55. The number of carbonyl (C=O) groups is 1. The highest BCUT2D eigenvalue weighted by atomic mass is 16.5. The van der Waals surface area contributed by atoms with Crippen molar-refractivity contribution in [1.29, 1.82) is 0 Å². The fourth-order valence-corrected chi connectivity index (χ4v) is 2.77. The zero-order chi connectivity index (χ0) is 18.0. The first-order chi connectivity index (χ1) is 12.1. The molecule has 0 aliphatic carbocycles. The summed E-state index contributed by atoms with van der Waals surface area (Å²) in [4.78, 5) is 12.5. The number of rotatable bonds is 5. The molecule has 2 N–H and O–H groups in total. The number of hydrogen-bond donors (Lipinski definition) is 2. The van der Waals surface area contributed by atoms with Crippen LogP contribution in [-0.2, 0) is 9.53 Å². The average Bonchev–Trinajstić information content (AvgIpc) is 3.04. The lowest BCUT2D eigenvalue weighted by molar-refractivity contribution is -0.139. The van der Waals surface area contributed by atoms with Crippen LogP contribution in [-0.4, -0.2) is 44.5 Å². The summed E-state index contributed by atoms with van der Waals surface area (Å²) < 4.78 is 12.1. The molecule has 0 bridgehead atoms. The van der Waals surface area contributed by atoms with Crippen LogP contribution in [0.4, 0.5) is 5.95 Å². The van der Waals surface area contributed by atoms with Gasteiger partial charge in [-0.1, -0.05) is 11.2 Å². The number of allylic oxidation sites excluding steroid dienone is 1. The summed E-state index contributed by atoms with van der Waals surface area (Å²) in [5.41, 5.74) is 1.70. The predicted molar refractivity (Wildman–Crippen MR) is 88.2 cm³/mol. The Morgan fingerprint density at radius 3 is 2.88 bits per heavy atom. The number of benzene rings is 1. The molecular formula is C16H19N5O4. The van der Waals surface area contributed by atoms with E-state index >= 15 is 0 Å². The minimum Gasteiger partial charge on any atom is -0.504 e. The molecule has 1 atom stereocenters. The van der Waals surface area contributed by atoms with Crippen molar-refractivity contribution in [2.75, 3.05) is 18.5 Å². The van der Waals surface area contributed by atoms with Gasteiger partial charge in [0.25, 0.3) is 0 Å². The predicted octanol–water partition coefficient (Wildman–Crippen LogP) is 1.63. The highest BCUT2D eigenvalue weighted by Gasteiger charge is 2.35. The Balaban J connectivity index is 2.13. The van der Waals surface area contributed by atoms with Gasteiger partial charge in [0.05, 0.1) is 18.8 Å². The molecule has 0 fully saturated rings. The minimum atomic E-state index is -0.592. The van der Waals surface area contributed by atoms with E-state index in [1.807, 2.05) is 6.92 Å². The van der Waals surface area contributed by atoms with E-state index in [4.69, 9.17) is 9.47 Å². The van der Waals surface area contributed by atoms with E-state index in [1.54, 1.807) is 26.0 Å². The molecule has 1 aromatic carbocycles. The van der Waals surface area contributed by atoms with E-state index in [0.29, 0.717) is 35.1 Å². The molecular weight excluding hydrogens is 326 g/mol. The molecule has 3 rings (SSSR count). The normalized spacial score (nSPS) is 16.2. The summed E-state index contributed by atoms with van der Waals surface area (Å²) >= 11 is 0. The first-order valence-corrected chi connectivity index (χ1v) is 7.95. The van der Waals surface area contributed by atoms with Crippen LogP contribution in [0.1, 0.15) is 32.4 Å². The Morgan fingerprint density at radius 2 is 2.16 bits per heavy atom. The number of carbonyl (C=O) groups excluding carboxylic acids is 1. The maximum Gasteiger partial charge on any atom is 0.338 e. The molecule has 0 saturated carbocycles. The standard InChI is InChI=1S/C16H19N5O4/c1-4-24-12-8-10(6-7-11(12)22)14-13(15(23)25-5-2)9(3)17-16-18-19-20-21(14)16/h6-8,14,22H,4-5H2,1-3H3,(H,17,18,20). The van der Waals surface area contributed by atoms with E-state index in [9.17, 15) is 9.90 Å². The third-order valence-corrected chi connectivity index (χ3v) is 3.81. The number of aromatic nitrogens is 4. The number of phenols is 1. The van der Waals surface area contributed by atoms with Crippen molar-refractivity contribution in [2.45, 2.75) is 26.8 Å². The molecule has 2 aromatic rings. The molecule has 1 aliphatic rings. The zero-order valence-corrected chi connectivity index (χ0v) is 14.2. The van der Waals surface area contributed by atoms with E-state index in [0.717, 1.165) is 0 Å². The monoisotopic (exact) mass is 345 g/mol. The van der Waals surface area contributed by atoms with Crippen molar-refractivity contribution in [3.63, 3.8) is 0 Å². The van der Waals surface area contributed by atoms with Crippen LogP contribution in [0.5, 0.6) is 11.5 Å². The van der Waals surface area contributed by atoms with Crippen molar-refractivity contribution in [1.82, 2.24) is 20.2 Å². The number of fused-ring (bicyclic) bond motifs is 1. The second kappa shape index (κ2) is 6.80. The highest BCUT2D eigenvalue weighted by Crippen LogP contribution is 2.38. The van der Waals surface area contributed by atoms with Crippen LogP contribution >= 0.6 is 0 Å². The maximum atomic E-state index is 12.5. The first kappa shape index (κ1) is 16.7. The quantitative estimate of drug-likeness (QED) is 0.787. The van der Waals surface area contributed by atoms with Gasteiger partial charge in [-0.15, -0.1) is 0 Å². The van der Waals surface area contributed by atoms with Gasteiger partial charge in [0.15, 0.2) is 11.5 Å². The molecule has 0 spiro atoms. The molecule has 0 amide bonds. The number of nitrogens with one attached hydrogen (secondary N) is 1. The van der Waals surface area contributed by atoms with Gasteiger partial charge in [-0.3, -0.25) is 0 Å². The number of anilines is 1. The second-order valence-corrected chi connectivity index (χ2v) is 5.39. The SMILES string of the molecule is CCOC(=O)C1=C(C)Nc2nnnn2C1c1ccc(O)c(OCC)c1. The van der Waals surface area contributed by atoms with Gasteiger partial charge in [0, 0.05) is 5.70 Å². The number of esters is 1. The number of nitrogens with zero attached hydrogens (tertiary/aromatic N) is 4. The third kappa shape index (κ3) is 3.00. The van der Waals surface area contributed by atoms with Crippen LogP contribution in [0.25, 0.3) is 0 Å². The number of tetrazole rings is 1. The number of aromatic hydroxyl groups is 1. The Labute approximate surface area is 144 Å². The topological polar surface area (TPSA) is 111 Å². The Morgan fingerprint density at radius 1 is 1.36 bits per heavy atom. The lowest BCUT2D eigenvalue weighted by atomic mass is 9.95. The molecule has 25 heavy (non-hydrogen) atoms. The largest absolute Gasteiger partial charge is 0.504 e. The summed E-state index contributed by atoms with van der Waals surface area (Å²) in [5, 5.41) is 24.5. The molecule has 1 unspecified atom stereocenters. The fourth-order valence-electron chi connectivity index (χ4n) is 2.77. The summed E-state index contributed by atoms with van der Waals surface area (Å²) in [6.45, 7) is 5.99. The van der Waals surface area contributed by atoms with Crippen LogP contribution in [0.2, 0.25) is 0 Å². The van der Waals surface area contributed by atoms with Gasteiger partial charge in [-0.05, 0) is 48.9 Å². The van der Waals surface area contributed by atoms with Crippen molar-refractivity contribution in [3.8, 4) is 11.5 Å². The van der Waals surface area contributed by atoms with Gasteiger partial charge in [0.2, 0.25) is 5.95 Å². The molecule has 0 saturated heterocycles. The number of ether oxygens (including phenoxy) is 2. The zero-order valence-electron chi connectivity index (χ0n) is 14.2. The lowest BCUT2D eigenvalue weighted by Gasteiger charge is -2.27. The lowest BCUT2D eigenvalue weighted by Crippen LogP contribution is -2.29. The van der Waals surface area contributed by atoms with Crippen molar-refractivity contribution >= 4 is 11.9 Å². The van der Waals surface area contributed by atoms with Crippen molar-refractivity contribution < 1.29 is 19.4 Å². The molecule has 9 heteroatoms. The van der Waals surface area contributed by atoms with Crippen molar-refractivity contribution in [2.24, 2.45) is 0 Å². The smallest absolute Gasteiger partial charge is 0.338 e. The number of hydrogen-bond acceptors (Lipinski definition) is 8. The summed E-state index contributed by atoms with van der Waals surface area (Å²) in [5.74, 6) is 0.315. The average molecular weight is 345 g/mol. The molecule has 0 radical (unpaired) electrons. The number of phenolic OH excluding ortho intramolecular Hbond substituents is 1. The van der Waals surface area contributed by atoms with Gasteiger partial charge in [0.1, 0.15) is 6.04 Å². The third-order valence-electron chi connectivity index (χ3n) is 3.81. The van der Waals surface area contributed by atoms with Crippen LogP contribution in [0, 0.1) is 0 Å². The fraction of sp³-hybridized carbons (Fsp3) is 0.375. The van der Waals surface area contributed by atoms with Gasteiger partial charge in [-0.2, -0.15) is 4.68 Å². The Hall–Kier alpha value is -3.10. The van der Waals surface area contributed by atoms with Gasteiger partial charge >= 0.3 is 5.97 Å². The molecule has 1 aromatic heterocycles. The van der Waals surface area contributed by atoms with E-state index < -0.39 is 12.0 Å². The summed E-state index contributed by atoms with van der Waals surface area (Å²) in [6.07, 6.45) is 0. The maximum absolute atomic E-state index is 12.5. The van der Waals surface area contributed by atoms with Gasteiger partial charge < -0.3 is 19.9 Å². The van der Waals surface area contributed by atoms with E-state index in [1.165, 1.54) is 10.7 Å². The summed E-state index contributed by atoms with van der Waals surface area (Å²) in [6, 6.07) is 4.30. The molecule has 9 nitrogen and oxygen atoms in total. The highest BCUT2D eigenvalue weighted by molar-refractivity contribution is 5.92. The minimum absolute atomic E-state index is 0.0230. The van der Waals surface area contributed by atoms with Gasteiger partial charge in [-0.25, -0.2) is 4.79 Å². The first-order valence-electron chi connectivity index (χ1n) is 7.95. The second-order valence-electron chi connectivity index (χ2n) is 5.39. The Bertz CT molecular complexity index is 830. The van der Waals surface area contributed by atoms with E-state index in [-0.39, 0.29) is 12.4 Å². The van der Waals surface area contributed by atoms with Crippen LogP contribution < -0.4 is 10.1 Å². The summed E-state index contributed by atoms with van der Waals surface area (Å²) in [7, 11) is 0. The molecule has 1 aliphatic heterocycles. The van der Waals surface area contributed by atoms with E-state index in [2.05, 4.69) is 20.8 Å². The molecule has 2 heterocycles. The van der Waals surface area contributed by atoms with Crippen LogP contribution in [0.15, 0.2) is 29.5 Å². The molecule has 132 valence electrons. The van der Waals surface area contributed by atoms with Crippen molar-refractivity contribution in [3.05, 3.63) is 35.0 Å². The van der Waals surface area contributed by atoms with Crippen LogP contribution in [0.3, 0.4) is 0 Å².